The SMILES string of the molecule is Cc1c(Cl)cccc1-c1ccc(C=C2C(=O)NN(c3ccccc3)C2=O)o1. The van der Waals surface area contributed by atoms with Crippen molar-refractivity contribution in [1.29, 1.82) is 0 Å². The third kappa shape index (κ3) is 3.13. The molecule has 2 aromatic carbocycles. The number of carbonyl (C=O) groups excluding carboxylic acids is 2. The number of nitrogens with zero attached hydrogens (tertiary/aromatic N) is 1. The van der Waals surface area contributed by atoms with Crippen LogP contribution in [0.4, 0.5) is 5.69 Å². The summed E-state index contributed by atoms with van der Waals surface area (Å²) in [4.78, 5) is 24.9. The lowest BCUT2D eigenvalue weighted by atomic mass is 10.1. The number of anilines is 1. The van der Waals surface area contributed by atoms with Gasteiger partial charge in [-0.25, -0.2) is 5.01 Å². The summed E-state index contributed by atoms with van der Waals surface area (Å²) in [6.07, 6.45) is 1.45. The Kier molecular flexibility index (Phi) is 4.30. The molecule has 1 aliphatic rings. The van der Waals surface area contributed by atoms with Crippen LogP contribution >= 0.6 is 11.6 Å². The summed E-state index contributed by atoms with van der Waals surface area (Å²) in [7, 11) is 0. The van der Waals surface area contributed by atoms with E-state index in [1.54, 1.807) is 36.4 Å². The van der Waals surface area contributed by atoms with Crippen LogP contribution < -0.4 is 10.4 Å². The van der Waals surface area contributed by atoms with Crippen molar-refractivity contribution >= 4 is 35.2 Å². The van der Waals surface area contributed by atoms with E-state index < -0.39 is 11.8 Å². The molecule has 0 saturated carbocycles. The molecule has 1 aromatic heterocycles. The van der Waals surface area contributed by atoms with Crippen LogP contribution in [0.1, 0.15) is 11.3 Å². The molecule has 0 spiro atoms. The standard InChI is InChI=1S/C21H15ClN2O3/c1-13-16(8-5-9-18(13)22)19-11-10-15(27-19)12-17-20(25)23-24(21(17)26)14-6-3-2-4-7-14/h2-12H,1H3,(H,23,25). The van der Waals surface area contributed by atoms with E-state index in [9.17, 15) is 9.59 Å². The molecule has 6 heteroatoms. The van der Waals surface area contributed by atoms with Crippen LogP contribution in [0.2, 0.25) is 5.02 Å². The second kappa shape index (κ2) is 6.78. The minimum absolute atomic E-state index is 0.0163. The fourth-order valence-corrected chi connectivity index (χ4v) is 3.08. The number of nitrogens with one attached hydrogen (secondary N) is 1. The van der Waals surface area contributed by atoms with Crippen molar-refractivity contribution in [3.63, 3.8) is 0 Å². The van der Waals surface area contributed by atoms with Crippen molar-refractivity contribution in [3.8, 4) is 11.3 Å². The summed E-state index contributed by atoms with van der Waals surface area (Å²) in [5, 5.41) is 1.87. The lowest BCUT2D eigenvalue weighted by Crippen LogP contribution is -2.35. The predicted octanol–water partition coefficient (Wildman–Crippen LogP) is 4.37. The number of hydrogen-bond acceptors (Lipinski definition) is 3. The van der Waals surface area contributed by atoms with Crippen LogP contribution in [0.5, 0.6) is 0 Å². The lowest BCUT2D eigenvalue weighted by Gasteiger charge is -2.13. The first-order valence-electron chi connectivity index (χ1n) is 8.32. The smallest absolute Gasteiger partial charge is 0.282 e. The highest BCUT2D eigenvalue weighted by molar-refractivity contribution is 6.32. The molecule has 2 heterocycles. The molecule has 5 nitrogen and oxygen atoms in total. The number of hydrogen-bond donors (Lipinski definition) is 1. The third-order valence-electron chi connectivity index (χ3n) is 4.35. The molecule has 0 aliphatic carbocycles. The Morgan fingerprint density at radius 1 is 1.00 bits per heavy atom. The first-order chi connectivity index (χ1) is 13.0. The largest absolute Gasteiger partial charge is 0.457 e. The van der Waals surface area contributed by atoms with Gasteiger partial charge in [0.15, 0.2) is 0 Å². The second-order valence-electron chi connectivity index (χ2n) is 6.09. The molecule has 0 atom stereocenters. The van der Waals surface area contributed by atoms with Gasteiger partial charge in [-0.3, -0.25) is 15.0 Å². The fraction of sp³-hybridized carbons (Fsp3) is 0.0476. The minimum atomic E-state index is -0.472. The van der Waals surface area contributed by atoms with Gasteiger partial charge in [0.25, 0.3) is 11.8 Å². The number of para-hydroxylation sites is 1. The molecular weight excluding hydrogens is 364 g/mol. The van der Waals surface area contributed by atoms with E-state index in [1.807, 2.05) is 31.2 Å². The zero-order valence-electron chi connectivity index (χ0n) is 14.4. The molecule has 2 amide bonds. The number of carbonyl (C=O) groups is 2. The van der Waals surface area contributed by atoms with E-state index in [0.717, 1.165) is 11.1 Å². The zero-order valence-corrected chi connectivity index (χ0v) is 15.2. The number of furan rings is 1. The highest BCUT2D eigenvalue weighted by Gasteiger charge is 2.34. The van der Waals surface area contributed by atoms with Crippen molar-refractivity contribution < 1.29 is 14.0 Å². The van der Waals surface area contributed by atoms with Gasteiger partial charge >= 0.3 is 0 Å². The van der Waals surface area contributed by atoms with E-state index in [0.29, 0.717) is 22.2 Å². The minimum Gasteiger partial charge on any atom is -0.457 e. The van der Waals surface area contributed by atoms with Gasteiger partial charge in [0.2, 0.25) is 0 Å². The maximum atomic E-state index is 12.6. The summed E-state index contributed by atoms with van der Waals surface area (Å²) in [5.41, 5.74) is 4.93. The molecule has 3 aromatic rings. The Bertz CT molecular complexity index is 1070. The van der Waals surface area contributed by atoms with Crippen LogP contribution in [0.15, 0.2) is 70.7 Å². The van der Waals surface area contributed by atoms with Crippen LogP contribution in [0.3, 0.4) is 0 Å². The number of rotatable bonds is 3. The lowest BCUT2D eigenvalue weighted by molar-refractivity contribution is -0.117. The molecule has 1 saturated heterocycles. The quantitative estimate of drug-likeness (QED) is 0.543. The molecule has 1 N–H and O–H groups in total. The van der Waals surface area contributed by atoms with Gasteiger partial charge in [0.1, 0.15) is 17.1 Å². The van der Waals surface area contributed by atoms with E-state index >= 15 is 0 Å². The van der Waals surface area contributed by atoms with E-state index in [-0.39, 0.29) is 5.57 Å². The normalized spacial score (nSPS) is 15.5. The molecule has 134 valence electrons. The maximum Gasteiger partial charge on any atom is 0.282 e. The average Bonchev–Trinajstić information content (AvgIpc) is 3.25. The van der Waals surface area contributed by atoms with E-state index in [4.69, 9.17) is 16.0 Å². The first kappa shape index (κ1) is 17.1. The first-order valence-corrected chi connectivity index (χ1v) is 8.70. The number of hydrazine groups is 1. The van der Waals surface area contributed by atoms with Crippen molar-refractivity contribution in [1.82, 2.24) is 5.43 Å². The predicted molar refractivity (Wildman–Crippen MR) is 104 cm³/mol. The summed E-state index contributed by atoms with van der Waals surface area (Å²) < 4.78 is 5.82. The Morgan fingerprint density at radius 3 is 2.56 bits per heavy atom. The Hall–Kier alpha value is -3.31. The second-order valence-corrected chi connectivity index (χ2v) is 6.50. The number of benzene rings is 2. The van der Waals surface area contributed by atoms with Crippen molar-refractivity contribution in [3.05, 3.63) is 82.6 Å². The number of amides is 2. The Morgan fingerprint density at radius 2 is 1.78 bits per heavy atom. The number of halogens is 1. The molecule has 0 bridgehead atoms. The average molecular weight is 379 g/mol. The maximum absolute atomic E-state index is 12.6. The Balaban J connectivity index is 1.65. The highest BCUT2D eigenvalue weighted by Crippen LogP contribution is 2.30. The van der Waals surface area contributed by atoms with Crippen LogP contribution in [-0.2, 0) is 9.59 Å². The fourth-order valence-electron chi connectivity index (χ4n) is 2.91. The highest BCUT2D eigenvalue weighted by atomic mass is 35.5. The molecule has 0 radical (unpaired) electrons. The summed E-state index contributed by atoms with van der Waals surface area (Å²) in [6.45, 7) is 1.91. The summed E-state index contributed by atoms with van der Waals surface area (Å²) >= 11 is 6.16. The molecule has 1 fully saturated rings. The Labute approximate surface area is 160 Å². The van der Waals surface area contributed by atoms with Crippen molar-refractivity contribution in [2.45, 2.75) is 6.92 Å². The molecule has 0 unspecified atom stereocenters. The molecule has 4 rings (SSSR count). The van der Waals surface area contributed by atoms with Crippen LogP contribution in [0.25, 0.3) is 17.4 Å². The molecule has 27 heavy (non-hydrogen) atoms. The summed E-state index contributed by atoms with van der Waals surface area (Å²) in [6, 6.07) is 18.0. The zero-order chi connectivity index (χ0) is 19.0. The topological polar surface area (TPSA) is 62.6 Å². The van der Waals surface area contributed by atoms with Crippen molar-refractivity contribution in [2.75, 3.05) is 5.01 Å². The van der Waals surface area contributed by atoms with Crippen LogP contribution in [-0.4, -0.2) is 11.8 Å². The third-order valence-corrected chi connectivity index (χ3v) is 4.76. The van der Waals surface area contributed by atoms with Gasteiger partial charge in [-0.2, -0.15) is 0 Å². The van der Waals surface area contributed by atoms with E-state index in [2.05, 4.69) is 5.43 Å². The van der Waals surface area contributed by atoms with Gasteiger partial charge in [-0.1, -0.05) is 41.9 Å². The van der Waals surface area contributed by atoms with E-state index in [1.165, 1.54) is 11.1 Å². The van der Waals surface area contributed by atoms with Crippen LogP contribution in [0, 0.1) is 6.92 Å². The monoisotopic (exact) mass is 378 g/mol. The van der Waals surface area contributed by atoms with Gasteiger partial charge in [-0.15, -0.1) is 0 Å². The van der Waals surface area contributed by atoms with Gasteiger partial charge in [0.05, 0.1) is 5.69 Å². The van der Waals surface area contributed by atoms with Crippen molar-refractivity contribution in [2.24, 2.45) is 0 Å². The van der Waals surface area contributed by atoms with Gasteiger partial charge in [0, 0.05) is 10.6 Å². The molecule has 1 aliphatic heterocycles. The van der Waals surface area contributed by atoms with Gasteiger partial charge < -0.3 is 4.42 Å². The summed E-state index contributed by atoms with van der Waals surface area (Å²) in [5.74, 6) is 0.134. The molecular formula is C21H15ClN2O3. The van der Waals surface area contributed by atoms with Gasteiger partial charge in [-0.05, 0) is 48.9 Å².